The van der Waals surface area contributed by atoms with Crippen molar-refractivity contribution in [2.75, 3.05) is 0 Å². The average Bonchev–Trinajstić information content (AvgIpc) is 3.48. The Kier molecular flexibility index (Phi) is 11.2. The van der Waals surface area contributed by atoms with E-state index in [2.05, 4.69) is 27.7 Å². The Balaban J connectivity index is 2.27. The van der Waals surface area contributed by atoms with E-state index in [9.17, 15) is 5.11 Å². The molecule has 0 bridgehead atoms. The second kappa shape index (κ2) is 12.6. The van der Waals surface area contributed by atoms with Gasteiger partial charge in [-0.1, -0.05) is 0 Å². The molecule has 3 atom stereocenters. The van der Waals surface area contributed by atoms with E-state index in [1.54, 1.807) is 13.3 Å². The van der Waals surface area contributed by atoms with Crippen LogP contribution in [0.15, 0.2) is 0 Å². The van der Waals surface area contributed by atoms with Crippen LogP contribution in [0.3, 0.4) is 0 Å². The Morgan fingerprint density at radius 2 is 1.29 bits per heavy atom. The first-order valence-electron chi connectivity index (χ1n) is 13.3. The van der Waals surface area contributed by atoms with Crippen LogP contribution in [0.4, 0.5) is 0 Å². The van der Waals surface area contributed by atoms with Gasteiger partial charge < -0.3 is 0 Å². The number of aliphatic hydroxyl groups is 1. The summed E-state index contributed by atoms with van der Waals surface area (Å²) in [4.78, 5) is 0. The molecule has 2 heteroatoms. The van der Waals surface area contributed by atoms with Gasteiger partial charge in [0.1, 0.15) is 0 Å². The van der Waals surface area contributed by atoms with Crippen LogP contribution >= 0.6 is 0 Å². The van der Waals surface area contributed by atoms with Crippen LogP contribution in [0.5, 0.6) is 0 Å². The monoisotopic (exact) mass is 500 g/mol. The fraction of sp³-hybridized carbons (Fsp3) is 1.00. The van der Waals surface area contributed by atoms with Crippen LogP contribution < -0.4 is 0 Å². The number of aliphatic hydroxyl groups excluding tert-OH is 1. The van der Waals surface area contributed by atoms with Gasteiger partial charge in [-0.05, 0) is 0 Å². The van der Waals surface area contributed by atoms with Gasteiger partial charge in [0.15, 0.2) is 0 Å². The Bertz CT molecular complexity index is 395. The van der Waals surface area contributed by atoms with Gasteiger partial charge in [0.05, 0.1) is 0 Å². The standard InChI is InChI=1S/C14H25O.3C4H9.Sn/c1-2-3-7-12-10-13(12)14(15)11-8-5-4-6-9-11;3*1-3-4-2;/h11,13-15H,2-10H2,1H3;3*1,3-4H2,2H3;/t13-,14-;;;;/m1..../s1. The van der Waals surface area contributed by atoms with Crippen molar-refractivity contribution in [1.82, 2.24) is 0 Å². The quantitative estimate of drug-likeness (QED) is 0.224. The van der Waals surface area contributed by atoms with E-state index >= 15 is 0 Å². The van der Waals surface area contributed by atoms with Crippen LogP contribution in [-0.4, -0.2) is 29.6 Å². The van der Waals surface area contributed by atoms with E-state index in [0.29, 0.717) is 15.3 Å². The number of hydrogen-bond donors (Lipinski definition) is 1. The molecule has 0 radical (unpaired) electrons. The van der Waals surface area contributed by atoms with Gasteiger partial charge >= 0.3 is 182 Å². The fourth-order valence-corrected chi connectivity index (χ4v) is 28.7. The van der Waals surface area contributed by atoms with E-state index in [0.717, 1.165) is 0 Å². The summed E-state index contributed by atoms with van der Waals surface area (Å²) in [5.41, 5.74) is 0. The molecule has 0 unspecified atom stereocenters. The molecule has 0 aromatic rings. The SMILES string of the molecule is CCCC[C@]1([Sn]([CH2]CCC)([CH2]CCC)[CH2]CCC)C[C@H]1[C@H](O)C1CCCCC1. The summed E-state index contributed by atoms with van der Waals surface area (Å²) in [5.74, 6) is 1.33. The van der Waals surface area contributed by atoms with Crippen LogP contribution in [-0.2, 0) is 0 Å². The zero-order chi connectivity index (χ0) is 20.5. The third-order valence-electron chi connectivity index (χ3n) is 8.74. The molecule has 0 aromatic carbocycles. The molecule has 0 aromatic heterocycles. The molecule has 0 amide bonds. The molecule has 2 aliphatic rings. The van der Waals surface area contributed by atoms with Crippen LogP contribution in [0.25, 0.3) is 0 Å². The molecule has 1 nitrogen and oxygen atoms in total. The van der Waals surface area contributed by atoms with Crippen molar-refractivity contribution in [3.8, 4) is 0 Å². The van der Waals surface area contributed by atoms with Crippen molar-refractivity contribution in [1.29, 1.82) is 0 Å². The normalized spacial score (nSPS) is 27.1. The van der Waals surface area contributed by atoms with E-state index in [4.69, 9.17) is 0 Å². The van der Waals surface area contributed by atoms with E-state index in [1.165, 1.54) is 96.3 Å². The number of rotatable bonds is 15. The van der Waals surface area contributed by atoms with Gasteiger partial charge in [-0.2, -0.15) is 0 Å². The molecular formula is C26H52OSn. The fourth-order valence-electron chi connectivity index (χ4n) is 6.91. The maximum absolute atomic E-state index is 11.5. The predicted molar refractivity (Wildman–Crippen MR) is 128 cm³/mol. The summed E-state index contributed by atoms with van der Waals surface area (Å²) in [6.45, 7) is 9.58. The molecule has 166 valence electrons. The van der Waals surface area contributed by atoms with Gasteiger partial charge in [-0.15, -0.1) is 0 Å². The molecule has 0 saturated heterocycles. The van der Waals surface area contributed by atoms with Crippen molar-refractivity contribution in [2.24, 2.45) is 11.8 Å². The van der Waals surface area contributed by atoms with Crippen molar-refractivity contribution in [3.05, 3.63) is 0 Å². The third-order valence-corrected chi connectivity index (χ3v) is 28.3. The minimum absolute atomic E-state index is 0.0399. The Morgan fingerprint density at radius 3 is 1.75 bits per heavy atom. The molecule has 0 aliphatic heterocycles. The topological polar surface area (TPSA) is 20.2 Å². The van der Waals surface area contributed by atoms with E-state index < -0.39 is 18.4 Å². The second-order valence-corrected chi connectivity index (χ2v) is 25.0. The summed E-state index contributed by atoms with van der Waals surface area (Å²) in [7, 11) is 0. The molecule has 2 saturated carbocycles. The first-order valence-corrected chi connectivity index (χ1v) is 20.8. The molecule has 0 heterocycles. The summed E-state index contributed by atoms with van der Waals surface area (Å²) >= 11 is -2.32. The van der Waals surface area contributed by atoms with Gasteiger partial charge in [0, 0.05) is 0 Å². The van der Waals surface area contributed by atoms with Crippen LogP contribution in [0.2, 0.25) is 16.7 Å². The molecule has 1 N–H and O–H groups in total. The Labute approximate surface area is 181 Å². The minimum atomic E-state index is -2.32. The van der Waals surface area contributed by atoms with Crippen molar-refractivity contribution in [2.45, 2.75) is 147 Å². The third kappa shape index (κ3) is 5.92. The van der Waals surface area contributed by atoms with Gasteiger partial charge in [-0.25, -0.2) is 0 Å². The zero-order valence-corrected chi connectivity index (χ0v) is 22.8. The van der Waals surface area contributed by atoms with E-state index in [1.807, 2.05) is 0 Å². The summed E-state index contributed by atoms with van der Waals surface area (Å²) < 4.78 is 5.55. The molecule has 2 rings (SSSR count). The molecule has 0 spiro atoms. The summed E-state index contributed by atoms with van der Waals surface area (Å²) in [6, 6.07) is 0. The van der Waals surface area contributed by atoms with Crippen molar-refractivity contribution >= 4 is 18.4 Å². The van der Waals surface area contributed by atoms with Gasteiger partial charge in [0.25, 0.3) is 0 Å². The van der Waals surface area contributed by atoms with Crippen molar-refractivity contribution < 1.29 is 5.11 Å². The van der Waals surface area contributed by atoms with Crippen LogP contribution in [0, 0.1) is 11.8 Å². The molecule has 2 aliphatic carbocycles. The Hall–Kier alpha value is 0.759. The second-order valence-electron chi connectivity index (χ2n) is 10.5. The predicted octanol–water partition coefficient (Wildman–Crippen LogP) is 8.73. The Morgan fingerprint density at radius 1 is 0.786 bits per heavy atom. The van der Waals surface area contributed by atoms with Crippen LogP contribution in [0.1, 0.15) is 124 Å². The summed E-state index contributed by atoms with van der Waals surface area (Å²) in [5, 5.41) is 11.5. The number of unbranched alkanes of at least 4 members (excludes halogenated alkanes) is 4. The zero-order valence-electron chi connectivity index (χ0n) is 19.9. The molecule has 28 heavy (non-hydrogen) atoms. The first-order chi connectivity index (χ1) is 13.6. The molecule has 2 fully saturated rings. The van der Waals surface area contributed by atoms with Crippen molar-refractivity contribution in [3.63, 3.8) is 0 Å². The van der Waals surface area contributed by atoms with Gasteiger partial charge in [-0.3, -0.25) is 0 Å². The van der Waals surface area contributed by atoms with E-state index in [-0.39, 0.29) is 6.10 Å². The average molecular weight is 499 g/mol. The number of hydrogen-bond acceptors (Lipinski definition) is 1. The first kappa shape index (κ1) is 25.0. The maximum atomic E-state index is 11.5. The van der Waals surface area contributed by atoms with Gasteiger partial charge in [0.2, 0.25) is 0 Å². The molecular weight excluding hydrogens is 447 g/mol. The summed E-state index contributed by atoms with van der Waals surface area (Å²) in [6.07, 6.45) is 21.0.